The molecule has 1 amide bonds. The number of hydrogen-bond acceptors (Lipinski definition) is 3. The standard InChI is InChI=1S/C17H21N3O2/c1-12-10-18-17(19-12)14-7-8-20(11-14)16(21)9-13-5-3-4-6-15(13)22-2/h3-6,10,14H,7-9,11H2,1-2H3,(H,18,19). The number of hydrogen-bond donors (Lipinski definition) is 1. The lowest BCUT2D eigenvalue weighted by Gasteiger charge is -2.17. The van der Waals surface area contributed by atoms with Crippen LogP contribution in [-0.4, -0.2) is 41.0 Å². The third kappa shape index (κ3) is 2.98. The molecule has 1 aromatic heterocycles. The van der Waals surface area contributed by atoms with Crippen LogP contribution in [0.1, 0.15) is 29.4 Å². The highest BCUT2D eigenvalue weighted by Crippen LogP contribution is 2.26. The lowest BCUT2D eigenvalue weighted by atomic mass is 10.1. The number of nitrogens with one attached hydrogen (secondary N) is 1. The average Bonchev–Trinajstić information content (AvgIpc) is 3.16. The van der Waals surface area contributed by atoms with Crippen molar-refractivity contribution in [1.29, 1.82) is 0 Å². The van der Waals surface area contributed by atoms with E-state index in [1.54, 1.807) is 7.11 Å². The Labute approximate surface area is 130 Å². The normalized spacial score (nSPS) is 17.7. The summed E-state index contributed by atoms with van der Waals surface area (Å²) in [5.74, 6) is 2.23. The number of methoxy groups -OCH3 is 1. The van der Waals surface area contributed by atoms with Gasteiger partial charge in [0.2, 0.25) is 5.91 Å². The van der Waals surface area contributed by atoms with E-state index in [1.165, 1.54) is 0 Å². The Morgan fingerprint density at radius 2 is 2.27 bits per heavy atom. The molecule has 5 nitrogen and oxygen atoms in total. The van der Waals surface area contributed by atoms with Crippen molar-refractivity contribution in [1.82, 2.24) is 14.9 Å². The Morgan fingerprint density at radius 1 is 1.45 bits per heavy atom. The Morgan fingerprint density at radius 3 is 3.00 bits per heavy atom. The van der Waals surface area contributed by atoms with E-state index < -0.39 is 0 Å². The zero-order valence-electron chi connectivity index (χ0n) is 13.0. The molecule has 1 N–H and O–H groups in total. The van der Waals surface area contributed by atoms with Crippen LogP contribution in [-0.2, 0) is 11.2 Å². The van der Waals surface area contributed by atoms with Gasteiger partial charge in [0.1, 0.15) is 11.6 Å². The van der Waals surface area contributed by atoms with Crippen LogP contribution in [0.4, 0.5) is 0 Å². The Balaban J connectivity index is 1.64. The van der Waals surface area contributed by atoms with Gasteiger partial charge in [-0.3, -0.25) is 4.79 Å². The third-order valence-electron chi connectivity index (χ3n) is 4.18. The Kier molecular flexibility index (Phi) is 4.13. The number of para-hydroxylation sites is 1. The lowest BCUT2D eigenvalue weighted by Crippen LogP contribution is -2.30. The minimum absolute atomic E-state index is 0.148. The monoisotopic (exact) mass is 299 g/mol. The van der Waals surface area contributed by atoms with E-state index in [9.17, 15) is 4.79 Å². The number of imidazole rings is 1. The summed E-state index contributed by atoms with van der Waals surface area (Å²) in [4.78, 5) is 22.1. The molecule has 0 radical (unpaired) electrons. The first-order valence-electron chi connectivity index (χ1n) is 7.58. The van der Waals surface area contributed by atoms with Gasteiger partial charge in [-0.25, -0.2) is 4.98 Å². The van der Waals surface area contributed by atoms with E-state index in [4.69, 9.17) is 4.74 Å². The van der Waals surface area contributed by atoms with Gasteiger partial charge < -0.3 is 14.6 Å². The first-order chi connectivity index (χ1) is 10.7. The summed E-state index contributed by atoms with van der Waals surface area (Å²) in [6, 6.07) is 7.68. The van der Waals surface area contributed by atoms with Crippen LogP contribution >= 0.6 is 0 Å². The minimum Gasteiger partial charge on any atom is -0.496 e. The fourth-order valence-corrected chi connectivity index (χ4v) is 2.97. The highest BCUT2D eigenvalue weighted by Gasteiger charge is 2.29. The van der Waals surface area contributed by atoms with Crippen molar-refractivity contribution in [3.63, 3.8) is 0 Å². The molecule has 1 unspecified atom stereocenters. The van der Waals surface area contributed by atoms with Crippen molar-refractivity contribution in [3.05, 3.63) is 47.5 Å². The zero-order valence-corrected chi connectivity index (χ0v) is 13.0. The van der Waals surface area contributed by atoms with Crippen LogP contribution in [0, 0.1) is 6.92 Å². The van der Waals surface area contributed by atoms with Gasteiger partial charge in [-0.15, -0.1) is 0 Å². The van der Waals surface area contributed by atoms with E-state index in [0.29, 0.717) is 12.3 Å². The predicted molar refractivity (Wildman–Crippen MR) is 84.0 cm³/mol. The maximum Gasteiger partial charge on any atom is 0.227 e. The highest BCUT2D eigenvalue weighted by atomic mass is 16.5. The number of benzene rings is 1. The number of aromatic amines is 1. The van der Waals surface area contributed by atoms with Crippen molar-refractivity contribution >= 4 is 5.91 Å². The van der Waals surface area contributed by atoms with Gasteiger partial charge in [0.15, 0.2) is 0 Å². The van der Waals surface area contributed by atoms with Gasteiger partial charge >= 0.3 is 0 Å². The molecule has 1 saturated heterocycles. The van der Waals surface area contributed by atoms with Crippen molar-refractivity contribution in [2.75, 3.05) is 20.2 Å². The second-order valence-corrected chi connectivity index (χ2v) is 5.77. The van der Waals surface area contributed by atoms with Crippen LogP contribution in [0.3, 0.4) is 0 Å². The number of aromatic nitrogens is 2. The van der Waals surface area contributed by atoms with E-state index in [-0.39, 0.29) is 5.91 Å². The summed E-state index contributed by atoms with van der Waals surface area (Å²) in [6.45, 7) is 3.52. The third-order valence-corrected chi connectivity index (χ3v) is 4.18. The topological polar surface area (TPSA) is 58.2 Å². The van der Waals surface area contributed by atoms with Crippen molar-refractivity contribution in [2.45, 2.75) is 25.7 Å². The minimum atomic E-state index is 0.148. The molecule has 0 saturated carbocycles. The van der Waals surface area contributed by atoms with Crippen LogP contribution in [0.5, 0.6) is 5.75 Å². The van der Waals surface area contributed by atoms with E-state index >= 15 is 0 Å². The van der Waals surface area contributed by atoms with Crippen LogP contribution in [0.15, 0.2) is 30.5 Å². The second-order valence-electron chi connectivity index (χ2n) is 5.77. The molecule has 2 heterocycles. The zero-order chi connectivity index (χ0) is 15.5. The van der Waals surface area contributed by atoms with Gasteiger partial charge in [0, 0.05) is 36.5 Å². The van der Waals surface area contributed by atoms with Gasteiger partial charge in [-0.1, -0.05) is 18.2 Å². The molecule has 116 valence electrons. The number of nitrogens with zero attached hydrogens (tertiary/aromatic N) is 2. The summed E-state index contributed by atoms with van der Waals surface area (Å²) >= 11 is 0. The number of aryl methyl sites for hydroxylation is 1. The molecular weight excluding hydrogens is 278 g/mol. The number of carbonyl (C=O) groups excluding carboxylic acids is 1. The SMILES string of the molecule is COc1ccccc1CC(=O)N1CCC(c2ncc(C)[nH]2)C1. The summed E-state index contributed by atoms with van der Waals surface area (Å²) in [7, 11) is 1.63. The molecule has 2 aromatic rings. The number of ether oxygens (including phenoxy) is 1. The van der Waals surface area contributed by atoms with Crippen molar-refractivity contribution in [3.8, 4) is 5.75 Å². The summed E-state index contributed by atoms with van der Waals surface area (Å²) in [5, 5.41) is 0. The molecule has 0 spiro atoms. The molecule has 1 aliphatic rings. The second kappa shape index (κ2) is 6.22. The number of likely N-dealkylation sites (tertiary alicyclic amines) is 1. The molecule has 1 fully saturated rings. The maximum absolute atomic E-state index is 12.5. The van der Waals surface area contributed by atoms with E-state index in [0.717, 1.165) is 42.3 Å². The molecule has 22 heavy (non-hydrogen) atoms. The quantitative estimate of drug-likeness (QED) is 0.942. The number of amides is 1. The van der Waals surface area contributed by atoms with E-state index in [2.05, 4.69) is 9.97 Å². The van der Waals surface area contributed by atoms with Gasteiger partial charge in [-0.05, 0) is 19.4 Å². The molecule has 1 aromatic carbocycles. The summed E-state index contributed by atoms with van der Waals surface area (Å²) < 4.78 is 5.32. The first kappa shape index (κ1) is 14.6. The molecule has 1 atom stereocenters. The molecular formula is C17H21N3O2. The highest BCUT2D eigenvalue weighted by molar-refractivity contribution is 5.79. The number of H-pyrrole nitrogens is 1. The smallest absolute Gasteiger partial charge is 0.227 e. The van der Waals surface area contributed by atoms with Gasteiger partial charge in [0.25, 0.3) is 0 Å². The molecule has 0 aliphatic carbocycles. The fraction of sp³-hybridized carbons (Fsp3) is 0.412. The van der Waals surface area contributed by atoms with Crippen molar-refractivity contribution in [2.24, 2.45) is 0 Å². The molecule has 5 heteroatoms. The van der Waals surface area contributed by atoms with Gasteiger partial charge in [-0.2, -0.15) is 0 Å². The predicted octanol–water partition coefficient (Wildman–Crippen LogP) is 2.29. The van der Waals surface area contributed by atoms with Crippen molar-refractivity contribution < 1.29 is 9.53 Å². The summed E-state index contributed by atoms with van der Waals surface area (Å²) in [6.07, 6.45) is 3.19. The van der Waals surface area contributed by atoms with Gasteiger partial charge in [0.05, 0.1) is 13.5 Å². The fourth-order valence-electron chi connectivity index (χ4n) is 2.97. The maximum atomic E-state index is 12.5. The molecule has 1 aliphatic heterocycles. The molecule has 0 bridgehead atoms. The Hall–Kier alpha value is -2.30. The average molecular weight is 299 g/mol. The molecule has 3 rings (SSSR count). The lowest BCUT2D eigenvalue weighted by molar-refractivity contribution is -0.129. The largest absolute Gasteiger partial charge is 0.496 e. The summed E-state index contributed by atoms with van der Waals surface area (Å²) in [5.41, 5.74) is 2.00. The number of carbonyl (C=O) groups is 1. The van der Waals surface area contributed by atoms with Crippen LogP contribution < -0.4 is 4.74 Å². The van der Waals surface area contributed by atoms with Crippen LogP contribution in [0.25, 0.3) is 0 Å². The van der Waals surface area contributed by atoms with E-state index in [1.807, 2.05) is 42.3 Å². The Bertz CT molecular complexity index is 665. The first-order valence-corrected chi connectivity index (χ1v) is 7.58. The number of rotatable bonds is 4. The van der Waals surface area contributed by atoms with Crippen LogP contribution in [0.2, 0.25) is 0 Å².